The Morgan fingerprint density at radius 1 is 1.28 bits per heavy atom. The third kappa shape index (κ3) is 5.12. The Balaban J connectivity index is 1.52. The number of aromatic nitrogens is 3. The highest BCUT2D eigenvalue weighted by molar-refractivity contribution is 7.71. The van der Waals surface area contributed by atoms with Crippen molar-refractivity contribution in [3.63, 3.8) is 0 Å². The second-order valence-corrected chi connectivity index (χ2v) is 7.79. The van der Waals surface area contributed by atoms with Crippen molar-refractivity contribution in [2.45, 2.75) is 52.5 Å². The third-order valence-corrected chi connectivity index (χ3v) is 5.68. The molecule has 0 saturated carbocycles. The second kappa shape index (κ2) is 9.82. The van der Waals surface area contributed by atoms with Gasteiger partial charge in [0.2, 0.25) is 11.8 Å². The molecule has 1 atom stereocenters. The van der Waals surface area contributed by atoms with Crippen molar-refractivity contribution in [2.75, 3.05) is 18.0 Å². The Hall–Kier alpha value is -2.48. The van der Waals surface area contributed by atoms with Crippen molar-refractivity contribution in [3.8, 4) is 0 Å². The van der Waals surface area contributed by atoms with Crippen LogP contribution in [0, 0.1) is 10.7 Å². The van der Waals surface area contributed by atoms with Crippen LogP contribution in [0.4, 0.5) is 5.69 Å². The topological polar surface area (TPSA) is 83.0 Å². The fourth-order valence-corrected chi connectivity index (χ4v) is 3.95. The first kappa shape index (κ1) is 21.2. The van der Waals surface area contributed by atoms with Crippen molar-refractivity contribution in [2.24, 2.45) is 5.92 Å². The summed E-state index contributed by atoms with van der Waals surface area (Å²) in [6.45, 7) is 5.81. The summed E-state index contributed by atoms with van der Waals surface area (Å²) in [4.78, 5) is 26.7. The van der Waals surface area contributed by atoms with Crippen LogP contribution < -0.4 is 10.2 Å². The van der Waals surface area contributed by atoms with Gasteiger partial charge in [-0.15, -0.1) is 0 Å². The highest BCUT2D eigenvalue weighted by Gasteiger charge is 2.34. The Morgan fingerprint density at radius 3 is 2.72 bits per heavy atom. The van der Waals surface area contributed by atoms with Crippen molar-refractivity contribution < 1.29 is 9.59 Å². The van der Waals surface area contributed by atoms with E-state index in [2.05, 4.69) is 34.6 Å². The molecule has 1 aromatic heterocycles. The van der Waals surface area contributed by atoms with E-state index in [4.69, 9.17) is 12.2 Å². The Morgan fingerprint density at radius 2 is 2.03 bits per heavy atom. The smallest absolute Gasteiger partial charge is 0.227 e. The number of hydrogen-bond acceptors (Lipinski definition) is 4. The van der Waals surface area contributed by atoms with Gasteiger partial charge in [-0.05, 0) is 49.7 Å². The summed E-state index contributed by atoms with van der Waals surface area (Å²) < 4.78 is 2.50. The van der Waals surface area contributed by atoms with Gasteiger partial charge < -0.3 is 14.8 Å². The average Bonchev–Trinajstić information content (AvgIpc) is 3.29. The van der Waals surface area contributed by atoms with Crippen LogP contribution in [0.5, 0.6) is 0 Å². The number of aromatic amines is 1. The number of unbranched alkanes of at least 4 members (excludes halogenated alkanes) is 1. The number of nitrogens with one attached hydrogen (secondary N) is 2. The molecule has 1 aromatic carbocycles. The van der Waals surface area contributed by atoms with Gasteiger partial charge in [0.05, 0.1) is 5.92 Å². The molecule has 0 bridgehead atoms. The molecule has 8 heteroatoms. The maximum absolute atomic E-state index is 12.5. The van der Waals surface area contributed by atoms with Crippen LogP contribution in [-0.4, -0.2) is 39.7 Å². The fraction of sp³-hybridized carbons (Fsp3) is 0.524. The van der Waals surface area contributed by atoms with E-state index in [1.54, 1.807) is 4.90 Å². The molecule has 7 nitrogen and oxygen atoms in total. The van der Waals surface area contributed by atoms with E-state index in [1.807, 2.05) is 23.6 Å². The van der Waals surface area contributed by atoms with Crippen molar-refractivity contribution in [1.29, 1.82) is 0 Å². The van der Waals surface area contributed by atoms with Gasteiger partial charge in [0.25, 0.3) is 0 Å². The number of nitrogens with zero attached hydrogens (tertiary/aromatic N) is 3. The molecule has 1 fully saturated rings. The van der Waals surface area contributed by atoms with Gasteiger partial charge in [0.15, 0.2) is 4.77 Å². The number of anilines is 1. The van der Waals surface area contributed by atoms with Gasteiger partial charge in [-0.25, -0.2) is 0 Å². The summed E-state index contributed by atoms with van der Waals surface area (Å²) in [5, 5.41) is 9.92. The van der Waals surface area contributed by atoms with Crippen molar-refractivity contribution >= 4 is 29.7 Å². The zero-order valence-corrected chi connectivity index (χ0v) is 17.9. The van der Waals surface area contributed by atoms with Crippen LogP contribution in [0.1, 0.15) is 44.5 Å². The average molecular weight is 416 g/mol. The lowest BCUT2D eigenvalue weighted by Gasteiger charge is -2.17. The molecule has 1 aliphatic rings. The quantitative estimate of drug-likeness (QED) is 0.617. The highest BCUT2D eigenvalue weighted by Crippen LogP contribution is 2.25. The summed E-state index contributed by atoms with van der Waals surface area (Å²) >= 11 is 5.18. The molecule has 0 spiro atoms. The molecule has 29 heavy (non-hydrogen) atoms. The number of carbonyl (C=O) groups is 2. The molecular formula is C21H29N5O2S. The summed E-state index contributed by atoms with van der Waals surface area (Å²) in [7, 11) is 0. The molecule has 1 saturated heterocycles. The van der Waals surface area contributed by atoms with Gasteiger partial charge in [-0.1, -0.05) is 25.5 Å². The van der Waals surface area contributed by atoms with Crippen LogP contribution in [0.25, 0.3) is 0 Å². The van der Waals surface area contributed by atoms with Crippen LogP contribution in [-0.2, 0) is 29.0 Å². The first-order valence-corrected chi connectivity index (χ1v) is 10.7. The summed E-state index contributed by atoms with van der Waals surface area (Å²) in [6.07, 6.45) is 4.22. The van der Waals surface area contributed by atoms with Crippen molar-refractivity contribution in [1.82, 2.24) is 20.1 Å². The Kier molecular flexibility index (Phi) is 7.19. The van der Waals surface area contributed by atoms with E-state index in [1.165, 1.54) is 5.56 Å². The van der Waals surface area contributed by atoms with Crippen LogP contribution >= 0.6 is 12.2 Å². The Labute approximate surface area is 176 Å². The molecule has 1 unspecified atom stereocenters. The molecule has 156 valence electrons. The minimum atomic E-state index is -0.325. The first-order chi connectivity index (χ1) is 14.0. The van der Waals surface area contributed by atoms with Crippen LogP contribution in [0.2, 0.25) is 0 Å². The lowest BCUT2D eigenvalue weighted by Crippen LogP contribution is -2.34. The maximum atomic E-state index is 12.5. The van der Waals surface area contributed by atoms with E-state index in [0.29, 0.717) is 24.3 Å². The molecule has 2 amide bonds. The number of rotatable bonds is 9. The summed E-state index contributed by atoms with van der Waals surface area (Å²) in [5.74, 6) is 0.412. The predicted octanol–water partition coefficient (Wildman–Crippen LogP) is 3.01. The molecule has 2 heterocycles. The molecule has 2 N–H and O–H groups in total. The monoisotopic (exact) mass is 415 g/mol. The molecule has 0 radical (unpaired) electrons. The van der Waals surface area contributed by atoms with Gasteiger partial charge in [-0.3, -0.25) is 14.7 Å². The number of amides is 2. The van der Waals surface area contributed by atoms with Gasteiger partial charge in [-0.2, -0.15) is 5.10 Å². The lowest BCUT2D eigenvalue weighted by atomic mass is 10.1. The minimum absolute atomic E-state index is 0.00154. The maximum Gasteiger partial charge on any atom is 0.227 e. The zero-order chi connectivity index (χ0) is 20.8. The molecule has 3 rings (SSSR count). The van der Waals surface area contributed by atoms with E-state index >= 15 is 0 Å². The zero-order valence-electron chi connectivity index (χ0n) is 17.1. The largest absolute Gasteiger partial charge is 0.355 e. The van der Waals surface area contributed by atoms with Gasteiger partial charge in [0, 0.05) is 38.2 Å². The van der Waals surface area contributed by atoms with Crippen LogP contribution in [0.3, 0.4) is 0 Å². The number of aryl methyl sites for hydroxylation is 1. The number of H-pyrrole nitrogens is 1. The molecular weight excluding hydrogens is 386 g/mol. The third-order valence-electron chi connectivity index (χ3n) is 5.36. The lowest BCUT2D eigenvalue weighted by molar-refractivity contribution is -0.126. The number of benzene rings is 1. The standard InChI is InChI=1S/C21H29N5O2S/c1-3-5-6-15-7-9-17(10-8-15)26-14-16(13-19(26)27)20(28)22-12-11-18-23-24-21(29)25(18)4-2/h7-10,16H,3-6,11-14H2,1-2H3,(H,22,28)(H,24,29). The predicted molar refractivity (Wildman–Crippen MR) is 115 cm³/mol. The summed E-state index contributed by atoms with van der Waals surface area (Å²) in [5.41, 5.74) is 2.14. The van der Waals surface area contributed by atoms with E-state index in [-0.39, 0.29) is 24.2 Å². The fourth-order valence-electron chi connectivity index (χ4n) is 3.67. The van der Waals surface area contributed by atoms with Crippen molar-refractivity contribution in [3.05, 3.63) is 40.4 Å². The highest BCUT2D eigenvalue weighted by atomic mass is 32.1. The van der Waals surface area contributed by atoms with Gasteiger partial charge >= 0.3 is 0 Å². The van der Waals surface area contributed by atoms with E-state index in [0.717, 1.165) is 37.3 Å². The van der Waals surface area contributed by atoms with Gasteiger partial charge in [0.1, 0.15) is 5.82 Å². The van der Waals surface area contributed by atoms with E-state index in [9.17, 15) is 9.59 Å². The molecule has 0 aliphatic carbocycles. The summed E-state index contributed by atoms with van der Waals surface area (Å²) in [6, 6.07) is 8.12. The molecule has 1 aliphatic heterocycles. The molecule has 2 aromatic rings. The van der Waals surface area contributed by atoms with E-state index < -0.39 is 0 Å². The Bertz CT molecular complexity index is 903. The first-order valence-electron chi connectivity index (χ1n) is 10.3. The minimum Gasteiger partial charge on any atom is -0.355 e. The normalized spacial score (nSPS) is 16.4. The number of hydrogen-bond donors (Lipinski definition) is 2. The SMILES string of the molecule is CCCCc1ccc(N2CC(C(=O)NCCc3n[nH]c(=S)n3CC)CC2=O)cc1. The number of carbonyl (C=O) groups excluding carboxylic acids is 2. The second-order valence-electron chi connectivity index (χ2n) is 7.41. The van der Waals surface area contributed by atoms with Crippen LogP contribution in [0.15, 0.2) is 24.3 Å².